The Balaban J connectivity index is 2.11. The van der Waals surface area contributed by atoms with Gasteiger partial charge in [0.15, 0.2) is 0 Å². The predicted octanol–water partition coefficient (Wildman–Crippen LogP) is 4.33. The molecular formula is C18H36N2. The van der Waals surface area contributed by atoms with Crippen molar-refractivity contribution in [2.24, 2.45) is 11.7 Å². The summed E-state index contributed by atoms with van der Waals surface area (Å²) in [5.74, 6) is 0.956. The zero-order valence-corrected chi connectivity index (χ0v) is 13.9. The highest BCUT2D eigenvalue weighted by Crippen LogP contribution is 2.39. The lowest BCUT2D eigenvalue weighted by Gasteiger charge is -2.50. The first-order chi connectivity index (χ1) is 9.75. The van der Waals surface area contributed by atoms with E-state index in [2.05, 4.69) is 18.7 Å². The molecule has 0 aromatic heterocycles. The second kappa shape index (κ2) is 7.79. The van der Waals surface area contributed by atoms with Gasteiger partial charge in [0.05, 0.1) is 0 Å². The Morgan fingerprint density at radius 2 is 1.90 bits per heavy atom. The fraction of sp³-hybridized carbons (Fsp3) is 1.00. The minimum absolute atomic E-state index is 0.337. The molecule has 0 aromatic rings. The van der Waals surface area contributed by atoms with Gasteiger partial charge in [-0.2, -0.15) is 0 Å². The predicted molar refractivity (Wildman–Crippen MR) is 87.9 cm³/mol. The Morgan fingerprint density at radius 3 is 2.60 bits per heavy atom. The zero-order chi connectivity index (χ0) is 14.4. The molecule has 3 atom stereocenters. The summed E-state index contributed by atoms with van der Waals surface area (Å²) < 4.78 is 0. The number of likely N-dealkylation sites (tertiary alicyclic amines) is 1. The minimum Gasteiger partial charge on any atom is -0.329 e. The molecule has 3 unspecified atom stereocenters. The van der Waals surface area contributed by atoms with Crippen molar-refractivity contribution in [3.63, 3.8) is 0 Å². The van der Waals surface area contributed by atoms with Crippen LogP contribution in [0.3, 0.4) is 0 Å². The van der Waals surface area contributed by atoms with E-state index in [0.29, 0.717) is 5.54 Å². The van der Waals surface area contributed by atoms with Crippen molar-refractivity contribution in [1.82, 2.24) is 4.90 Å². The first-order valence-corrected chi connectivity index (χ1v) is 9.22. The first kappa shape index (κ1) is 16.3. The number of nitrogens with zero attached hydrogens (tertiary/aromatic N) is 1. The fourth-order valence-electron chi connectivity index (χ4n) is 4.74. The molecule has 1 aliphatic carbocycles. The van der Waals surface area contributed by atoms with E-state index in [4.69, 9.17) is 5.73 Å². The van der Waals surface area contributed by atoms with Gasteiger partial charge in [0, 0.05) is 18.1 Å². The van der Waals surface area contributed by atoms with Crippen molar-refractivity contribution in [1.29, 1.82) is 0 Å². The second-order valence-electron chi connectivity index (χ2n) is 7.27. The Morgan fingerprint density at radius 1 is 1.05 bits per heavy atom. The monoisotopic (exact) mass is 280 g/mol. The maximum atomic E-state index is 6.34. The number of nitrogens with two attached hydrogens (primary N) is 1. The SMILES string of the molecule is CCCC1CCCCN1C1(CN)CCCC(CC)CC1. The molecule has 2 N–H and O–H groups in total. The highest BCUT2D eigenvalue weighted by Gasteiger charge is 2.41. The second-order valence-corrected chi connectivity index (χ2v) is 7.27. The molecular weight excluding hydrogens is 244 g/mol. The van der Waals surface area contributed by atoms with Crippen LogP contribution >= 0.6 is 0 Å². The third-order valence-corrected chi connectivity index (χ3v) is 6.09. The van der Waals surface area contributed by atoms with E-state index >= 15 is 0 Å². The summed E-state index contributed by atoms with van der Waals surface area (Å²) in [5, 5.41) is 0. The molecule has 0 radical (unpaired) electrons. The summed E-state index contributed by atoms with van der Waals surface area (Å²) in [4.78, 5) is 2.87. The van der Waals surface area contributed by atoms with Gasteiger partial charge in [0.25, 0.3) is 0 Å². The van der Waals surface area contributed by atoms with Crippen LogP contribution < -0.4 is 5.73 Å². The third kappa shape index (κ3) is 3.57. The van der Waals surface area contributed by atoms with Crippen LogP contribution in [0.25, 0.3) is 0 Å². The smallest absolute Gasteiger partial charge is 0.0334 e. The molecule has 2 aliphatic rings. The van der Waals surface area contributed by atoms with Crippen LogP contribution in [0, 0.1) is 5.92 Å². The van der Waals surface area contributed by atoms with E-state index < -0.39 is 0 Å². The third-order valence-electron chi connectivity index (χ3n) is 6.09. The minimum atomic E-state index is 0.337. The lowest BCUT2D eigenvalue weighted by molar-refractivity contribution is 0.00676. The normalized spacial score (nSPS) is 36.8. The molecule has 1 heterocycles. The maximum absolute atomic E-state index is 6.34. The van der Waals surface area contributed by atoms with Crippen LogP contribution in [0.1, 0.15) is 84.5 Å². The fourth-order valence-corrected chi connectivity index (χ4v) is 4.74. The average molecular weight is 280 g/mol. The van der Waals surface area contributed by atoms with Gasteiger partial charge >= 0.3 is 0 Å². The molecule has 1 aliphatic heterocycles. The molecule has 1 saturated carbocycles. The molecule has 1 saturated heterocycles. The Kier molecular flexibility index (Phi) is 6.35. The number of rotatable bonds is 5. The number of hydrogen-bond acceptors (Lipinski definition) is 2. The van der Waals surface area contributed by atoms with Crippen LogP contribution in [0.15, 0.2) is 0 Å². The van der Waals surface area contributed by atoms with Crippen LogP contribution in [0.2, 0.25) is 0 Å². The quantitative estimate of drug-likeness (QED) is 0.760. The van der Waals surface area contributed by atoms with Gasteiger partial charge in [-0.3, -0.25) is 4.90 Å². The highest BCUT2D eigenvalue weighted by molar-refractivity contribution is 4.98. The average Bonchev–Trinajstić information content (AvgIpc) is 2.71. The summed E-state index contributed by atoms with van der Waals surface area (Å²) in [5.41, 5.74) is 6.68. The lowest BCUT2D eigenvalue weighted by Crippen LogP contribution is -2.59. The van der Waals surface area contributed by atoms with Gasteiger partial charge in [-0.1, -0.05) is 46.0 Å². The Hall–Kier alpha value is -0.0800. The van der Waals surface area contributed by atoms with Crippen molar-refractivity contribution in [2.75, 3.05) is 13.1 Å². The number of piperidine rings is 1. The van der Waals surface area contributed by atoms with Crippen LogP contribution in [-0.2, 0) is 0 Å². The molecule has 0 spiro atoms. The molecule has 0 aromatic carbocycles. The van der Waals surface area contributed by atoms with Gasteiger partial charge < -0.3 is 5.73 Å². The summed E-state index contributed by atoms with van der Waals surface area (Å²) >= 11 is 0. The van der Waals surface area contributed by atoms with Crippen LogP contribution in [0.5, 0.6) is 0 Å². The Labute approximate surface area is 126 Å². The van der Waals surface area contributed by atoms with Gasteiger partial charge in [-0.05, 0) is 51.0 Å². The zero-order valence-electron chi connectivity index (χ0n) is 13.9. The largest absolute Gasteiger partial charge is 0.329 e. The Bertz CT molecular complexity index is 277. The lowest BCUT2D eigenvalue weighted by atomic mass is 9.83. The van der Waals surface area contributed by atoms with Crippen molar-refractivity contribution < 1.29 is 0 Å². The standard InChI is InChI=1S/C18H36N2/c1-3-8-17-10-5-6-14-20(17)18(15-19)12-7-9-16(4-2)11-13-18/h16-17H,3-15,19H2,1-2H3. The van der Waals surface area contributed by atoms with E-state index in [-0.39, 0.29) is 0 Å². The van der Waals surface area contributed by atoms with Gasteiger partial charge in [-0.25, -0.2) is 0 Å². The van der Waals surface area contributed by atoms with E-state index in [1.54, 1.807) is 0 Å². The van der Waals surface area contributed by atoms with Crippen molar-refractivity contribution in [2.45, 2.75) is 96.1 Å². The molecule has 0 bridgehead atoms. The molecule has 2 nitrogen and oxygen atoms in total. The van der Waals surface area contributed by atoms with E-state index in [1.165, 1.54) is 77.2 Å². The van der Waals surface area contributed by atoms with Gasteiger partial charge in [0.1, 0.15) is 0 Å². The molecule has 2 rings (SSSR count). The van der Waals surface area contributed by atoms with Crippen molar-refractivity contribution in [3.05, 3.63) is 0 Å². The maximum Gasteiger partial charge on any atom is 0.0334 e. The van der Waals surface area contributed by atoms with E-state index in [9.17, 15) is 0 Å². The van der Waals surface area contributed by atoms with E-state index in [0.717, 1.165) is 18.5 Å². The summed E-state index contributed by atoms with van der Waals surface area (Å²) in [6.45, 7) is 6.88. The summed E-state index contributed by atoms with van der Waals surface area (Å²) in [6, 6.07) is 0.815. The molecule has 2 heteroatoms. The molecule has 118 valence electrons. The highest BCUT2D eigenvalue weighted by atomic mass is 15.2. The topological polar surface area (TPSA) is 29.3 Å². The number of hydrogen-bond donors (Lipinski definition) is 1. The van der Waals surface area contributed by atoms with Crippen LogP contribution in [-0.4, -0.2) is 29.6 Å². The molecule has 0 amide bonds. The van der Waals surface area contributed by atoms with Gasteiger partial charge in [0.2, 0.25) is 0 Å². The van der Waals surface area contributed by atoms with Crippen LogP contribution in [0.4, 0.5) is 0 Å². The van der Waals surface area contributed by atoms with Gasteiger partial charge in [-0.15, -0.1) is 0 Å². The van der Waals surface area contributed by atoms with E-state index in [1.807, 2.05) is 0 Å². The van der Waals surface area contributed by atoms with Crippen molar-refractivity contribution >= 4 is 0 Å². The van der Waals surface area contributed by atoms with Crippen molar-refractivity contribution in [3.8, 4) is 0 Å². The summed E-state index contributed by atoms with van der Waals surface area (Å²) in [7, 11) is 0. The summed E-state index contributed by atoms with van der Waals surface area (Å²) in [6.07, 6.45) is 15.2. The molecule has 20 heavy (non-hydrogen) atoms. The first-order valence-electron chi connectivity index (χ1n) is 9.22. The molecule has 2 fully saturated rings.